The first-order valence-electron chi connectivity index (χ1n) is 16.1. The normalized spacial score (nSPS) is 15.4. The molecule has 17 heteroatoms. The number of aromatic nitrogens is 6. The molecule has 0 bridgehead atoms. The van der Waals surface area contributed by atoms with Gasteiger partial charge in [0.25, 0.3) is 5.56 Å². The van der Waals surface area contributed by atoms with Gasteiger partial charge in [0.1, 0.15) is 11.1 Å². The first-order valence-corrected chi connectivity index (χ1v) is 16.5. The number of likely N-dealkylation sites (tertiary alicyclic amines) is 1. The second kappa shape index (κ2) is 13.7. The van der Waals surface area contributed by atoms with Crippen molar-refractivity contribution in [2.45, 2.75) is 70.0 Å². The summed E-state index contributed by atoms with van der Waals surface area (Å²) in [4.78, 5) is 34.8. The van der Waals surface area contributed by atoms with E-state index in [0.717, 1.165) is 16.7 Å². The van der Waals surface area contributed by atoms with Gasteiger partial charge in [0.2, 0.25) is 5.82 Å². The molecule has 1 aliphatic rings. The molecule has 5 aromatic rings. The molecule has 0 atom stereocenters. The van der Waals surface area contributed by atoms with Crippen LogP contribution < -0.4 is 11.3 Å². The first kappa shape index (κ1) is 36.0. The number of aliphatic hydroxyl groups is 1. The molecule has 4 heterocycles. The summed E-state index contributed by atoms with van der Waals surface area (Å²) < 4.78 is 51.0. The summed E-state index contributed by atoms with van der Waals surface area (Å²) in [5.74, 6) is -1.65. The minimum Gasteiger partial charge on any atom is -0.444 e. The lowest BCUT2D eigenvalue weighted by atomic mass is 9.91. The van der Waals surface area contributed by atoms with Crippen LogP contribution in [0.1, 0.15) is 50.1 Å². The molecule has 1 saturated heterocycles. The average Bonchev–Trinajstić information content (AvgIpc) is 3.69. The van der Waals surface area contributed by atoms with E-state index in [1.165, 1.54) is 17.0 Å². The van der Waals surface area contributed by atoms with Crippen LogP contribution in [0, 0.1) is 0 Å². The number of carbonyl (C=O) groups is 1. The van der Waals surface area contributed by atoms with Crippen molar-refractivity contribution in [2.75, 3.05) is 13.1 Å². The molecule has 6 rings (SSSR count). The third-order valence-corrected chi connectivity index (χ3v) is 9.41. The fraction of sp³-hybridized carbons (Fsp3) is 0.412. The van der Waals surface area contributed by atoms with Crippen molar-refractivity contribution in [1.29, 1.82) is 0 Å². The SMILES string of the molecule is Cn1nc2c(=O)n(CC3(O)CCN(Cc4ccc(-c5noc(C(F)(F)F)n5)cc4Cl)CC3)cnc2c1-c1ccc(CCC(C)(C)OC(N)=O)cc1. The Balaban J connectivity index is 1.09. The monoisotopic (exact) mass is 728 g/mol. The van der Waals surface area contributed by atoms with Gasteiger partial charge in [-0.15, -0.1) is 0 Å². The highest BCUT2D eigenvalue weighted by molar-refractivity contribution is 6.31. The fourth-order valence-corrected chi connectivity index (χ4v) is 6.48. The second-order valence-electron chi connectivity index (χ2n) is 13.5. The Morgan fingerprint density at radius 3 is 2.41 bits per heavy atom. The predicted molar refractivity (Wildman–Crippen MR) is 180 cm³/mol. The summed E-state index contributed by atoms with van der Waals surface area (Å²) in [5.41, 5.74) is 7.17. The standard InChI is InChI=1S/C34H36ClF3N8O5/c1-32(2,50-31(39)48)11-10-20-4-6-21(7-5-20)27-25-26(42-44(27)3)29(47)46(19-40-25)18-33(49)12-14-45(15-13-33)17-23-9-8-22(16-24(23)35)28-41-30(51-43-28)34(36,37)38/h4-9,16,19,49H,10-15,17-18H2,1-3H3,(H2,39,48). The molecule has 13 nitrogen and oxygen atoms in total. The Labute approximate surface area is 294 Å². The van der Waals surface area contributed by atoms with Crippen LogP contribution in [0.15, 0.2) is 58.1 Å². The van der Waals surface area contributed by atoms with Crippen LogP contribution in [0.3, 0.4) is 0 Å². The van der Waals surface area contributed by atoms with Gasteiger partial charge in [0.05, 0.1) is 24.2 Å². The van der Waals surface area contributed by atoms with E-state index < -0.39 is 29.4 Å². The van der Waals surface area contributed by atoms with Crippen LogP contribution in [0.5, 0.6) is 0 Å². The highest BCUT2D eigenvalue weighted by atomic mass is 35.5. The molecule has 0 spiro atoms. The van der Waals surface area contributed by atoms with Crippen LogP contribution in [-0.4, -0.2) is 69.9 Å². The van der Waals surface area contributed by atoms with Crippen LogP contribution in [0.25, 0.3) is 33.7 Å². The van der Waals surface area contributed by atoms with Gasteiger partial charge in [-0.05, 0) is 56.7 Å². The van der Waals surface area contributed by atoms with Gasteiger partial charge < -0.3 is 20.1 Å². The zero-order chi connectivity index (χ0) is 36.7. The van der Waals surface area contributed by atoms with Crippen LogP contribution in [0.4, 0.5) is 18.0 Å². The number of ether oxygens (including phenoxy) is 1. The number of aryl methyl sites for hydroxylation is 2. The quantitative estimate of drug-likeness (QED) is 0.191. The molecule has 0 radical (unpaired) electrons. The number of hydrogen-bond donors (Lipinski definition) is 2. The Bertz CT molecular complexity index is 2120. The number of nitrogens with zero attached hydrogens (tertiary/aromatic N) is 7. The maximum Gasteiger partial charge on any atom is 0.471 e. The van der Waals surface area contributed by atoms with E-state index in [-0.39, 0.29) is 29.0 Å². The zero-order valence-electron chi connectivity index (χ0n) is 28.1. The molecular weight excluding hydrogens is 693 g/mol. The maximum atomic E-state index is 13.6. The molecule has 51 heavy (non-hydrogen) atoms. The fourth-order valence-electron chi connectivity index (χ4n) is 6.24. The molecule has 1 aliphatic heterocycles. The lowest BCUT2D eigenvalue weighted by molar-refractivity contribution is -0.159. The number of rotatable bonds is 10. The van der Waals surface area contributed by atoms with Crippen molar-refractivity contribution >= 4 is 28.7 Å². The number of primary amides is 1. The number of nitrogens with two attached hydrogens (primary N) is 1. The number of fused-ring (bicyclic) bond motifs is 1. The topological polar surface area (TPSA) is 167 Å². The Morgan fingerprint density at radius 2 is 1.78 bits per heavy atom. The van der Waals surface area contributed by atoms with Crippen LogP contribution in [0.2, 0.25) is 5.02 Å². The molecule has 3 aromatic heterocycles. The average molecular weight is 729 g/mol. The predicted octanol–water partition coefficient (Wildman–Crippen LogP) is 5.35. The summed E-state index contributed by atoms with van der Waals surface area (Å²) in [6, 6.07) is 12.6. The van der Waals surface area contributed by atoms with Crippen molar-refractivity contribution in [3.05, 3.63) is 81.2 Å². The third-order valence-electron chi connectivity index (χ3n) is 9.06. The van der Waals surface area contributed by atoms with Crippen LogP contribution in [-0.2, 0) is 37.5 Å². The first-order chi connectivity index (χ1) is 24.0. The number of piperidine rings is 1. The molecule has 0 unspecified atom stereocenters. The summed E-state index contributed by atoms with van der Waals surface area (Å²) in [6.45, 7) is 5.12. The lowest BCUT2D eigenvalue weighted by Crippen LogP contribution is -2.47. The number of benzene rings is 2. The summed E-state index contributed by atoms with van der Waals surface area (Å²) in [5, 5.41) is 19.7. The molecule has 1 amide bonds. The highest BCUT2D eigenvalue weighted by Crippen LogP contribution is 2.32. The van der Waals surface area contributed by atoms with Gasteiger partial charge in [0.15, 0.2) is 5.52 Å². The third kappa shape index (κ3) is 8.08. The van der Waals surface area contributed by atoms with E-state index in [9.17, 15) is 27.9 Å². The van der Waals surface area contributed by atoms with E-state index >= 15 is 0 Å². The van der Waals surface area contributed by atoms with Gasteiger partial charge in [-0.2, -0.15) is 23.3 Å². The number of amides is 1. The van der Waals surface area contributed by atoms with Crippen molar-refractivity contribution in [3.63, 3.8) is 0 Å². The van der Waals surface area contributed by atoms with Crippen molar-refractivity contribution in [3.8, 4) is 22.6 Å². The smallest absolute Gasteiger partial charge is 0.444 e. The molecule has 3 N–H and O–H groups in total. The molecule has 1 fully saturated rings. The van der Waals surface area contributed by atoms with E-state index in [1.807, 2.05) is 24.3 Å². The van der Waals surface area contributed by atoms with E-state index in [1.54, 1.807) is 37.7 Å². The minimum absolute atomic E-state index is 0.0408. The molecule has 0 aliphatic carbocycles. The zero-order valence-corrected chi connectivity index (χ0v) is 28.8. The van der Waals surface area contributed by atoms with Crippen molar-refractivity contribution < 1.29 is 32.3 Å². The Kier molecular flexibility index (Phi) is 9.69. The van der Waals surface area contributed by atoms with Crippen molar-refractivity contribution in [1.82, 2.24) is 34.4 Å². The van der Waals surface area contributed by atoms with Crippen LogP contribution >= 0.6 is 11.6 Å². The number of hydrogen-bond acceptors (Lipinski definition) is 10. The van der Waals surface area contributed by atoms with Gasteiger partial charge in [-0.1, -0.05) is 53.2 Å². The molecule has 2 aromatic carbocycles. The largest absolute Gasteiger partial charge is 0.471 e. The Hall–Kier alpha value is -4.80. The van der Waals surface area contributed by atoms with Gasteiger partial charge in [-0.3, -0.25) is 18.9 Å². The number of alkyl halides is 3. The maximum absolute atomic E-state index is 13.6. The molecule has 0 saturated carbocycles. The minimum atomic E-state index is -4.75. The molecule has 270 valence electrons. The summed E-state index contributed by atoms with van der Waals surface area (Å²) in [7, 11) is 1.75. The van der Waals surface area contributed by atoms with E-state index in [4.69, 9.17) is 22.1 Å². The number of carbonyl (C=O) groups excluding carboxylic acids is 1. The highest BCUT2D eigenvalue weighted by Gasteiger charge is 2.39. The number of halogens is 4. The van der Waals surface area contributed by atoms with Gasteiger partial charge in [-0.25, -0.2) is 9.78 Å². The summed E-state index contributed by atoms with van der Waals surface area (Å²) in [6.07, 6.45) is -2.11. The van der Waals surface area contributed by atoms with E-state index in [0.29, 0.717) is 61.6 Å². The molecular formula is C34H36ClF3N8O5. The summed E-state index contributed by atoms with van der Waals surface area (Å²) >= 11 is 6.47. The lowest BCUT2D eigenvalue weighted by Gasteiger charge is -2.38. The Morgan fingerprint density at radius 1 is 1.10 bits per heavy atom. The van der Waals surface area contributed by atoms with E-state index in [2.05, 4.69) is 29.6 Å². The van der Waals surface area contributed by atoms with Crippen molar-refractivity contribution in [2.24, 2.45) is 12.8 Å². The van der Waals surface area contributed by atoms with Gasteiger partial charge >= 0.3 is 18.2 Å². The second-order valence-corrected chi connectivity index (χ2v) is 13.9. The van der Waals surface area contributed by atoms with Gasteiger partial charge in [0, 0.05) is 42.8 Å².